The Bertz CT molecular complexity index is 668. The van der Waals surface area contributed by atoms with Gasteiger partial charge in [0.25, 0.3) is 0 Å². The molecule has 3 aliphatic rings. The molecule has 0 N–H and O–H groups in total. The van der Waals surface area contributed by atoms with Crippen LogP contribution in [-0.2, 0) is 20.9 Å². The summed E-state index contributed by atoms with van der Waals surface area (Å²) in [4.78, 5) is 26.5. The molecule has 0 bridgehead atoms. The number of benzene rings is 1. The molecule has 134 valence electrons. The molecule has 6 heteroatoms. The monoisotopic (exact) mass is 345 g/mol. The molecule has 25 heavy (non-hydrogen) atoms. The number of carbonyl (C=O) groups is 2. The summed E-state index contributed by atoms with van der Waals surface area (Å²) in [6, 6.07) is 5.88. The van der Waals surface area contributed by atoms with E-state index in [2.05, 4.69) is 0 Å². The van der Waals surface area contributed by atoms with Crippen molar-refractivity contribution >= 4 is 11.9 Å². The predicted molar refractivity (Wildman–Crippen MR) is 89.3 cm³/mol. The standard InChI is InChI=1S/C19H23NO5/c21-17-10-14(11-20(17)15-5-1-2-6-15)19(22)25-12-13-4-3-7-16-18(13)24-9-8-23-16/h3-4,7,14-15H,1-2,5-6,8-12H2. The first-order valence-corrected chi connectivity index (χ1v) is 9.06. The second kappa shape index (κ2) is 6.94. The Balaban J connectivity index is 1.36. The fraction of sp³-hybridized carbons (Fsp3) is 0.579. The zero-order chi connectivity index (χ0) is 17.2. The fourth-order valence-electron chi connectivity index (χ4n) is 3.97. The molecule has 0 radical (unpaired) electrons. The first-order valence-electron chi connectivity index (χ1n) is 9.06. The van der Waals surface area contributed by atoms with Crippen molar-refractivity contribution < 1.29 is 23.8 Å². The van der Waals surface area contributed by atoms with Crippen molar-refractivity contribution in [3.05, 3.63) is 23.8 Å². The first kappa shape index (κ1) is 16.2. The molecule has 1 aliphatic carbocycles. The van der Waals surface area contributed by atoms with E-state index < -0.39 is 0 Å². The van der Waals surface area contributed by atoms with E-state index in [0.29, 0.717) is 37.3 Å². The third-order valence-electron chi connectivity index (χ3n) is 5.27. The van der Waals surface area contributed by atoms with Crippen LogP contribution in [0.15, 0.2) is 18.2 Å². The van der Waals surface area contributed by atoms with Gasteiger partial charge < -0.3 is 19.1 Å². The maximum absolute atomic E-state index is 12.4. The van der Waals surface area contributed by atoms with E-state index >= 15 is 0 Å². The Morgan fingerprint density at radius 2 is 2.00 bits per heavy atom. The summed E-state index contributed by atoms with van der Waals surface area (Å²) in [5.41, 5.74) is 0.794. The second-order valence-corrected chi connectivity index (χ2v) is 6.93. The summed E-state index contributed by atoms with van der Waals surface area (Å²) in [5, 5.41) is 0. The summed E-state index contributed by atoms with van der Waals surface area (Å²) in [7, 11) is 0. The van der Waals surface area contributed by atoms with Gasteiger partial charge in [0.2, 0.25) is 5.91 Å². The topological polar surface area (TPSA) is 65.1 Å². The number of carbonyl (C=O) groups excluding carboxylic acids is 2. The van der Waals surface area contributed by atoms with E-state index in [4.69, 9.17) is 14.2 Å². The lowest BCUT2D eigenvalue weighted by Gasteiger charge is -2.24. The molecule has 1 aromatic carbocycles. The molecular weight excluding hydrogens is 322 g/mol. The second-order valence-electron chi connectivity index (χ2n) is 6.93. The molecule has 1 aromatic rings. The van der Waals surface area contributed by atoms with Gasteiger partial charge in [0.15, 0.2) is 11.5 Å². The van der Waals surface area contributed by atoms with Gasteiger partial charge in [-0.3, -0.25) is 9.59 Å². The van der Waals surface area contributed by atoms with Gasteiger partial charge in [-0.05, 0) is 18.9 Å². The number of hydrogen-bond donors (Lipinski definition) is 0. The normalized spacial score (nSPS) is 23.1. The number of likely N-dealkylation sites (tertiary alicyclic amines) is 1. The van der Waals surface area contributed by atoms with E-state index in [0.717, 1.165) is 18.4 Å². The van der Waals surface area contributed by atoms with Crippen LogP contribution in [0.2, 0.25) is 0 Å². The lowest BCUT2D eigenvalue weighted by molar-refractivity contribution is -0.149. The first-order chi connectivity index (χ1) is 12.2. The number of nitrogens with zero attached hydrogens (tertiary/aromatic N) is 1. The highest BCUT2D eigenvalue weighted by Crippen LogP contribution is 2.34. The van der Waals surface area contributed by atoms with Crippen LogP contribution in [-0.4, -0.2) is 42.6 Å². The molecular formula is C19H23NO5. The van der Waals surface area contributed by atoms with Crippen molar-refractivity contribution in [3.63, 3.8) is 0 Å². The average molecular weight is 345 g/mol. The highest BCUT2D eigenvalue weighted by molar-refractivity contribution is 5.87. The molecule has 4 rings (SSSR count). The molecule has 1 saturated heterocycles. The zero-order valence-electron chi connectivity index (χ0n) is 14.2. The van der Waals surface area contributed by atoms with E-state index in [1.54, 1.807) is 0 Å². The smallest absolute Gasteiger partial charge is 0.311 e. The number of fused-ring (bicyclic) bond motifs is 1. The zero-order valence-corrected chi connectivity index (χ0v) is 14.2. The van der Waals surface area contributed by atoms with Gasteiger partial charge in [0, 0.05) is 24.6 Å². The SMILES string of the molecule is O=C(OCc1cccc2c1OCCO2)C1CC(=O)N(C2CCCC2)C1. The minimum Gasteiger partial charge on any atom is -0.486 e. The largest absolute Gasteiger partial charge is 0.486 e. The summed E-state index contributed by atoms with van der Waals surface area (Å²) in [6.45, 7) is 1.65. The molecule has 6 nitrogen and oxygen atoms in total. The van der Waals surface area contributed by atoms with Gasteiger partial charge in [-0.2, -0.15) is 0 Å². The highest BCUT2D eigenvalue weighted by Gasteiger charge is 2.39. The third-order valence-corrected chi connectivity index (χ3v) is 5.27. The van der Waals surface area contributed by atoms with Crippen LogP contribution in [0.25, 0.3) is 0 Å². The number of esters is 1. The number of rotatable bonds is 4. The molecule has 2 fully saturated rings. The molecule has 2 aliphatic heterocycles. The molecule has 1 amide bonds. The average Bonchev–Trinajstić information content (AvgIpc) is 3.29. The van der Waals surface area contributed by atoms with Gasteiger partial charge in [0.1, 0.15) is 19.8 Å². The Labute approximate surface area is 147 Å². The minimum atomic E-state index is -0.357. The summed E-state index contributed by atoms with van der Waals surface area (Å²) in [6.07, 6.45) is 4.72. The summed E-state index contributed by atoms with van der Waals surface area (Å²) >= 11 is 0. The van der Waals surface area contributed by atoms with E-state index in [9.17, 15) is 9.59 Å². The lowest BCUT2D eigenvalue weighted by atomic mass is 10.1. The third kappa shape index (κ3) is 3.30. The Morgan fingerprint density at radius 3 is 2.84 bits per heavy atom. The molecule has 2 heterocycles. The van der Waals surface area contributed by atoms with Gasteiger partial charge in [-0.1, -0.05) is 25.0 Å². The molecule has 0 aromatic heterocycles. The number of hydrogen-bond acceptors (Lipinski definition) is 5. The number of ether oxygens (including phenoxy) is 3. The van der Waals surface area contributed by atoms with Crippen molar-refractivity contribution in [1.29, 1.82) is 0 Å². The van der Waals surface area contributed by atoms with Crippen LogP contribution < -0.4 is 9.47 Å². The molecule has 1 unspecified atom stereocenters. The quantitative estimate of drug-likeness (QED) is 0.784. The van der Waals surface area contributed by atoms with Crippen LogP contribution in [0.5, 0.6) is 11.5 Å². The van der Waals surface area contributed by atoms with Crippen LogP contribution in [0, 0.1) is 5.92 Å². The van der Waals surface area contributed by atoms with Crippen molar-refractivity contribution in [2.45, 2.75) is 44.8 Å². The van der Waals surface area contributed by atoms with Crippen molar-refractivity contribution in [2.75, 3.05) is 19.8 Å². The lowest BCUT2D eigenvalue weighted by Crippen LogP contribution is -2.35. The van der Waals surface area contributed by atoms with Crippen LogP contribution in [0.3, 0.4) is 0 Å². The van der Waals surface area contributed by atoms with E-state index in [-0.39, 0.29) is 30.8 Å². The van der Waals surface area contributed by atoms with Gasteiger partial charge >= 0.3 is 5.97 Å². The van der Waals surface area contributed by atoms with E-state index in [1.165, 1.54) is 12.8 Å². The number of amides is 1. The van der Waals surface area contributed by atoms with E-state index in [1.807, 2.05) is 23.1 Å². The Kier molecular flexibility index (Phi) is 4.51. The van der Waals surface area contributed by atoms with Crippen molar-refractivity contribution in [2.24, 2.45) is 5.92 Å². The van der Waals surface area contributed by atoms with Crippen molar-refractivity contribution in [1.82, 2.24) is 4.90 Å². The molecule has 1 saturated carbocycles. The highest BCUT2D eigenvalue weighted by atomic mass is 16.6. The number of para-hydroxylation sites is 1. The van der Waals surface area contributed by atoms with Crippen LogP contribution in [0.1, 0.15) is 37.7 Å². The predicted octanol–water partition coefficient (Wildman–Crippen LogP) is 2.29. The molecule has 1 atom stereocenters. The summed E-state index contributed by atoms with van der Waals surface area (Å²) in [5.74, 6) is 0.760. The van der Waals surface area contributed by atoms with Crippen LogP contribution in [0.4, 0.5) is 0 Å². The van der Waals surface area contributed by atoms with Gasteiger partial charge in [0.05, 0.1) is 5.92 Å². The minimum absolute atomic E-state index is 0.0858. The maximum Gasteiger partial charge on any atom is 0.311 e. The molecule has 0 spiro atoms. The Hall–Kier alpha value is -2.24. The fourth-order valence-corrected chi connectivity index (χ4v) is 3.97. The Morgan fingerprint density at radius 1 is 1.20 bits per heavy atom. The van der Waals surface area contributed by atoms with Gasteiger partial charge in [-0.25, -0.2) is 0 Å². The van der Waals surface area contributed by atoms with Crippen molar-refractivity contribution in [3.8, 4) is 11.5 Å². The van der Waals surface area contributed by atoms with Gasteiger partial charge in [-0.15, -0.1) is 0 Å². The summed E-state index contributed by atoms with van der Waals surface area (Å²) < 4.78 is 16.7. The van der Waals surface area contributed by atoms with Crippen LogP contribution >= 0.6 is 0 Å². The maximum atomic E-state index is 12.4.